The molecule has 0 N–H and O–H groups in total. The highest BCUT2D eigenvalue weighted by atomic mass is 15.0. The summed E-state index contributed by atoms with van der Waals surface area (Å²) in [4.78, 5) is 4.57. The average Bonchev–Trinajstić information content (AvgIpc) is 2.88. The molecule has 0 saturated heterocycles. The van der Waals surface area contributed by atoms with Gasteiger partial charge in [-0.15, -0.1) is 0 Å². The number of hydrogen-bond acceptors (Lipinski definition) is 1. The third-order valence-electron chi connectivity index (χ3n) is 4.18. The van der Waals surface area contributed by atoms with Crippen molar-refractivity contribution in [3.63, 3.8) is 0 Å². The molecule has 0 aliphatic carbocycles. The molecule has 0 amide bonds. The van der Waals surface area contributed by atoms with Crippen LogP contribution in [0.25, 0.3) is 5.69 Å². The van der Waals surface area contributed by atoms with Crippen molar-refractivity contribution >= 4 is 11.9 Å². The quantitative estimate of drug-likeness (QED) is 0.574. The van der Waals surface area contributed by atoms with Gasteiger partial charge in [-0.3, -0.25) is 4.99 Å². The number of aryl methyl sites for hydroxylation is 2. The topological polar surface area (TPSA) is 17.3 Å². The number of aliphatic imine (C=N–C) groups is 1. The molecule has 1 aromatic heterocycles. The molecule has 3 rings (SSSR count). The molecule has 0 aliphatic rings. The van der Waals surface area contributed by atoms with Gasteiger partial charge in [0.1, 0.15) is 0 Å². The van der Waals surface area contributed by atoms with Gasteiger partial charge in [-0.2, -0.15) is 0 Å². The van der Waals surface area contributed by atoms with Gasteiger partial charge >= 0.3 is 0 Å². The van der Waals surface area contributed by atoms with Crippen LogP contribution in [0.4, 0.5) is 5.69 Å². The minimum atomic E-state index is 0.976. The summed E-state index contributed by atoms with van der Waals surface area (Å²) in [7, 11) is 0. The average molecular weight is 302 g/mol. The highest BCUT2D eigenvalue weighted by molar-refractivity contribution is 5.84. The maximum absolute atomic E-state index is 4.57. The largest absolute Gasteiger partial charge is 0.318 e. The van der Waals surface area contributed by atoms with Gasteiger partial charge in [0.25, 0.3) is 0 Å². The maximum atomic E-state index is 4.57. The normalized spacial score (nSPS) is 11.3. The van der Waals surface area contributed by atoms with E-state index in [1.54, 1.807) is 0 Å². The Morgan fingerprint density at radius 2 is 1.65 bits per heavy atom. The Kier molecular flexibility index (Phi) is 4.42. The first-order valence-corrected chi connectivity index (χ1v) is 8.06. The van der Waals surface area contributed by atoms with Crippen LogP contribution < -0.4 is 0 Å². The molecule has 23 heavy (non-hydrogen) atoms. The van der Waals surface area contributed by atoms with Crippen LogP contribution >= 0.6 is 0 Å². The molecule has 1 heterocycles. The van der Waals surface area contributed by atoms with Crippen LogP contribution in [-0.2, 0) is 6.42 Å². The van der Waals surface area contributed by atoms with Crippen molar-refractivity contribution in [2.45, 2.75) is 27.2 Å². The second-order valence-corrected chi connectivity index (χ2v) is 5.78. The van der Waals surface area contributed by atoms with Gasteiger partial charge < -0.3 is 4.57 Å². The maximum Gasteiger partial charge on any atom is 0.0629 e. The van der Waals surface area contributed by atoms with Crippen LogP contribution in [0, 0.1) is 13.8 Å². The molecule has 0 aliphatic heterocycles. The van der Waals surface area contributed by atoms with Crippen molar-refractivity contribution in [3.05, 3.63) is 83.2 Å². The van der Waals surface area contributed by atoms with E-state index in [9.17, 15) is 0 Å². The standard InChI is InChI=1S/C21H22N2/c1-4-18-10-12-21(13-11-18)23-16(2)14-19(17(23)3)15-22-20-8-6-5-7-9-20/h5-15H,4H2,1-3H3. The number of nitrogens with zero attached hydrogens (tertiary/aromatic N) is 2. The minimum Gasteiger partial charge on any atom is -0.318 e. The van der Waals surface area contributed by atoms with Crippen molar-refractivity contribution < 1.29 is 0 Å². The van der Waals surface area contributed by atoms with Gasteiger partial charge in [-0.1, -0.05) is 37.3 Å². The lowest BCUT2D eigenvalue weighted by Gasteiger charge is -2.10. The summed E-state index contributed by atoms with van der Waals surface area (Å²) in [5, 5.41) is 0. The monoisotopic (exact) mass is 302 g/mol. The summed E-state index contributed by atoms with van der Waals surface area (Å²) >= 11 is 0. The van der Waals surface area contributed by atoms with E-state index in [-0.39, 0.29) is 0 Å². The fourth-order valence-corrected chi connectivity index (χ4v) is 2.85. The zero-order valence-corrected chi connectivity index (χ0v) is 14.0. The van der Waals surface area contributed by atoms with E-state index < -0.39 is 0 Å². The smallest absolute Gasteiger partial charge is 0.0629 e. The Balaban J connectivity index is 1.94. The molecule has 0 fully saturated rings. The lowest BCUT2D eigenvalue weighted by molar-refractivity contribution is 0.962. The number of hydrogen-bond donors (Lipinski definition) is 0. The third kappa shape index (κ3) is 3.26. The number of rotatable bonds is 4. The summed E-state index contributed by atoms with van der Waals surface area (Å²) < 4.78 is 2.28. The first-order chi connectivity index (χ1) is 11.2. The molecular weight excluding hydrogens is 280 g/mol. The fourth-order valence-electron chi connectivity index (χ4n) is 2.85. The van der Waals surface area contributed by atoms with Crippen LogP contribution in [0.1, 0.15) is 29.4 Å². The fraction of sp³-hybridized carbons (Fsp3) is 0.190. The predicted octanol–water partition coefficient (Wildman–Crippen LogP) is 5.41. The van der Waals surface area contributed by atoms with Gasteiger partial charge in [0, 0.05) is 28.9 Å². The number of para-hydroxylation sites is 1. The molecule has 3 aromatic rings. The van der Waals surface area contributed by atoms with Crippen molar-refractivity contribution in [1.29, 1.82) is 0 Å². The summed E-state index contributed by atoms with van der Waals surface area (Å²) in [5.41, 5.74) is 7.14. The highest BCUT2D eigenvalue weighted by Crippen LogP contribution is 2.21. The van der Waals surface area contributed by atoms with Gasteiger partial charge in [-0.05, 0) is 56.2 Å². The van der Waals surface area contributed by atoms with E-state index in [1.165, 1.54) is 22.6 Å². The Labute approximate surface area is 138 Å². The molecular formula is C21H22N2. The summed E-state index contributed by atoms with van der Waals surface area (Å²) in [6.45, 7) is 6.47. The van der Waals surface area contributed by atoms with E-state index in [1.807, 2.05) is 36.5 Å². The van der Waals surface area contributed by atoms with Gasteiger partial charge in [0.2, 0.25) is 0 Å². The van der Waals surface area contributed by atoms with Crippen LogP contribution in [0.5, 0.6) is 0 Å². The lowest BCUT2D eigenvalue weighted by atomic mass is 10.1. The van der Waals surface area contributed by atoms with Crippen molar-refractivity contribution in [1.82, 2.24) is 4.57 Å². The van der Waals surface area contributed by atoms with Crippen LogP contribution in [-0.4, -0.2) is 10.8 Å². The van der Waals surface area contributed by atoms with E-state index in [4.69, 9.17) is 0 Å². The zero-order valence-electron chi connectivity index (χ0n) is 14.0. The molecule has 0 spiro atoms. The molecule has 0 bridgehead atoms. The number of aromatic nitrogens is 1. The van der Waals surface area contributed by atoms with Crippen LogP contribution in [0.3, 0.4) is 0 Å². The summed E-state index contributed by atoms with van der Waals surface area (Å²) in [6, 6.07) is 21.0. The van der Waals surface area contributed by atoms with Crippen molar-refractivity contribution in [2.75, 3.05) is 0 Å². The molecule has 116 valence electrons. The van der Waals surface area contributed by atoms with Gasteiger partial charge in [-0.25, -0.2) is 0 Å². The lowest BCUT2D eigenvalue weighted by Crippen LogP contribution is -1.99. The van der Waals surface area contributed by atoms with E-state index in [0.29, 0.717) is 0 Å². The first kappa shape index (κ1) is 15.3. The molecule has 2 nitrogen and oxygen atoms in total. The molecule has 0 atom stereocenters. The van der Waals surface area contributed by atoms with Crippen molar-refractivity contribution in [3.8, 4) is 5.69 Å². The van der Waals surface area contributed by atoms with Crippen molar-refractivity contribution in [2.24, 2.45) is 4.99 Å². The molecule has 0 unspecified atom stereocenters. The molecule has 0 saturated carbocycles. The van der Waals surface area contributed by atoms with Gasteiger partial charge in [0.05, 0.1) is 5.69 Å². The first-order valence-electron chi connectivity index (χ1n) is 8.06. The third-order valence-corrected chi connectivity index (χ3v) is 4.18. The van der Waals surface area contributed by atoms with Crippen LogP contribution in [0.15, 0.2) is 65.7 Å². The highest BCUT2D eigenvalue weighted by Gasteiger charge is 2.09. The van der Waals surface area contributed by atoms with E-state index >= 15 is 0 Å². The Hall–Kier alpha value is -2.61. The Bertz CT molecular complexity index is 809. The zero-order chi connectivity index (χ0) is 16.2. The molecule has 2 aromatic carbocycles. The Morgan fingerprint density at radius 3 is 2.30 bits per heavy atom. The second-order valence-electron chi connectivity index (χ2n) is 5.78. The Morgan fingerprint density at radius 1 is 0.957 bits per heavy atom. The van der Waals surface area contributed by atoms with Crippen LogP contribution in [0.2, 0.25) is 0 Å². The number of benzene rings is 2. The van der Waals surface area contributed by atoms with E-state index in [0.717, 1.165) is 17.7 Å². The van der Waals surface area contributed by atoms with E-state index in [2.05, 4.69) is 60.7 Å². The second kappa shape index (κ2) is 6.66. The predicted molar refractivity (Wildman–Crippen MR) is 98.3 cm³/mol. The molecule has 2 heteroatoms. The molecule has 0 radical (unpaired) electrons. The summed E-state index contributed by atoms with van der Waals surface area (Å²) in [5.74, 6) is 0. The van der Waals surface area contributed by atoms with Gasteiger partial charge in [0.15, 0.2) is 0 Å². The SMILES string of the molecule is CCc1ccc(-n2c(C)cc(C=Nc3ccccc3)c2C)cc1. The summed E-state index contributed by atoms with van der Waals surface area (Å²) in [6.07, 6.45) is 3.02. The minimum absolute atomic E-state index is 0.976.